The molecule has 0 aliphatic carbocycles. The molecule has 13 heavy (non-hydrogen) atoms. The Hall–Kier alpha value is -0.680. The van der Waals surface area contributed by atoms with E-state index >= 15 is 0 Å². The monoisotopic (exact) mass is 210 g/mol. The van der Waals surface area contributed by atoms with Crippen molar-refractivity contribution in [3.63, 3.8) is 0 Å². The predicted octanol–water partition coefficient (Wildman–Crippen LogP) is 1.74. The summed E-state index contributed by atoms with van der Waals surface area (Å²) in [6, 6.07) is 0. The van der Waals surface area contributed by atoms with Gasteiger partial charge < -0.3 is 4.52 Å². The molecule has 0 aliphatic heterocycles. The summed E-state index contributed by atoms with van der Waals surface area (Å²) >= 11 is 0. The van der Waals surface area contributed by atoms with Crippen LogP contribution in [0.5, 0.6) is 0 Å². The molecule has 0 saturated carbocycles. The summed E-state index contributed by atoms with van der Waals surface area (Å²) in [5, 5.41) is 8.18. The van der Waals surface area contributed by atoms with Gasteiger partial charge in [0.2, 0.25) is 0 Å². The molecule has 0 heterocycles. The fourth-order valence-corrected chi connectivity index (χ4v) is 1.39. The van der Waals surface area contributed by atoms with Crippen molar-refractivity contribution in [1.29, 1.82) is 0 Å². The van der Waals surface area contributed by atoms with Crippen molar-refractivity contribution in [2.75, 3.05) is 0 Å². The van der Waals surface area contributed by atoms with E-state index in [1.54, 1.807) is 0 Å². The van der Waals surface area contributed by atoms with Crippen molar-refractivity contribution in [3.8, 4) is 0 Å². The maximum atomic E-state index is 11.2. The van der Waals surface area contributed by atoms with E-state index in [2.05, 4.69) is 20.3 Å². The molecular weight excluding hydrogens is 199 g/mol. The molecular formula is C6H11O6P. The summed E-state index contributed by atoms with van der Waals surface area (Å²) in [7, 11) is -4.19. The minimum atomic E-state index is -4.19. The van der Waals surface area contributed by atoms with E-state index in [-0.39, 0.29) is 0 Å². The molecule has 0 spiro atoms. The molecule has 0 saturated heterocycles. The van der Waals surface area contributed by atoms with Crippen LogP contribution in [0.3, 0.4) is 0 Å². The van der Waals surface area contributed by atoms with Gasteiger partial charge in [-0.15, -0.1) is 4.67 Å². The minimum absolute atomic E-state index is 0.518. The zero-order valence-electron chi connectivity index (χ0n) is 7.30. The highest BCUT2D eigenvalue weighted by molar-refractivity contribution is 7.48. The molecule has 1 unspecified atom stereocenters. The first kappa shape index (κ1) is 12.3. The number of phosphoric ester groups is 1. The normalized spacial score (nSPS) is 15.1. The Morgan fingerprint density at radius 1 is 1.62 bits per heavy atom. The molecule has 1 N–H and O–H groups in total. The van der Waals surface area contributed by atoms with Gasteiger partial charge in [0, 0.05) is 6.08 Å². The van der Waals surface area contributed by atoms with Crippen molar-refractivity contribution >= 4 is 13.8 Å². The number of carbonyl (C=O) groups is 1. The Balaban J connectivity index is 4.36. The quantitative estimate of drug-likeness (QED) is 0.322. The van der Waals surface area contributed by atoms with E-state index in [0.29, 0.717) is 0 Å². The van der Waals surface area contributed by atoms with Gasteiger partial charge in [-0.25, -0.2) is 14.6 Å². The number of phosphoric acid groups is 1. The molecule has 7 heteroatoms. The van der Waals surface area contributed by atoms with Crippen molar-refractivity contribution in [2.24, 2.45) is 0 Å². The van der Waals surface area contributed by atoms with Gasteiger partial charge in [-0.3, -0.25) is 4.52 Å². The van der Waals surface area contributed by atoms with Crippen molar-refractivity contribution in [1.82, 2.24) is 0 Å². The maximum Gasteiger partial charge on any atom is 0.560 e. The van der Waals surface area contributed by atoms with Crippen LogP contribution >= 0.6 is 7.82 Å². The first-order valence-corrected chi connectivity index (χ1v) is 4.87. The Kier molecular flexibility index (Phi) is 4.87. The van der Waals surface area contributed by atoms with Gasteiger partial charge in [-0.05, 0) is 13.8 Å². The topological polar surface area (TPSA) is 82.1 Å². The number of rotatable bonds is 5. The largest absolute Gasteiger partial charge is 0.560 e. The SMILES string of the molecule is C=CC(=O)OP(=O)(OO)OC(C)C. The third-order valence-corrected chi connectivity index (χ3v) is 2.09. The van der Waals surface area contributed by atoms with Crippen LogP contribution in [-0.2, 0) is 23.1 Å². The maximum absolute atomic E-state index is 11.2. The van der Waals surface area contributed by atoms with E-state index in [0.717, 1.165) is 6.08 Å². The highest BCUT2D eigenvalue weighted by Gasteiger charge is 2.32. The van der Waals surface area contributed by atoms with Crippen LogP contribution in [0.4, 0.5) is 0 Å². The van der Waals surface area contributed by atoms with Crippen LogP contribution < -0.4 is 0 Å². The molecule has 0 amide bonds. The highest BCUT2D eigenvalue weighted by atomic mass is 31.2. The van der Waals surface area contributed by atoms with E-state index < -0.39 is 19.9 Å². The molecule has 0 aromatic carbocycles. The summed E-state index contributed by atoms with van der Waals surface area (Å²) in [6.45, 7) is 6.14. The van der Waals surface area contributed by atoms with Gasteiger partial charge in [0.15, 0.2) is 0 Å². The molecule has 0 aliphatic rings. The lowest BCUT2D eigenvalue weighted by Gasteiger charge is -2.14. The van der Waals surface area contributed by atoms with Crippen LogP contribution in [0.15, 0.2) is 12.7 Å². The van der Waals surface area contributed by atoms with E-state index in [9.17, 15) is 9.36 Å². The average molecular weight is 210 g/mol. The first-order valence-electron chi connectivity index (χ1n) is 3.41. The van der Waals surface area contributed by atoms with Gasteiger partial charge in [0.1, 0.15) is 0 Å². The van der Waals surface area contributed by atoms with Crippen LogP contribution in [0.1, 0.15) is 13.8 Å². The zero-order chi connectivity index (χ0) is 10.5. The molecule has 0 aromatic heterocycles. The number of hydrogen-bond acceptors (Lipinski definition) is 6. The van der Waals surface area contributed by atoms with Crippen LogP contribution in [-0.4, -0.2) is 17.3 Å². The van der Waals surface area contributed by atoms with Gasteiger partial charge in [0.25, 0.3) is 0 Å². The predicted molar refractivity (Wildman–Crippen MR) is 43.8 cm³/mol. The van der Waals surface area contributed by atoms with Crippen LogP contribution in [0.2, 0.25) is 0 Å². The highest BCUT2D eigenvalue weighted by Crippen LogP contribution is 2.49. The molecule has 6 nitrogen and oxygen atoms in total. The van der Waals surface area contributed by atoms with E-state index in [4.69, 9.17) is 5.26 Å². The second-order valence-electron chi connectivity index (χ2n) is 2.30. The van der Waals surface area contributed by atoms with Gasteiger partial charge in [-0.2, -0.15) is 0 Å². The average Bonchev–Trinajstić information content (AvgIpc) is 2.02. The van der Waals surface area contributed by atoms with E-state index in [1.165, 1.54) is 13.8 Å². The molecule has 0 bridgehead atoms. The second-order valence-corrected chi connectivity index (χ2v) is 3.75. The second kappa shape index (κ2) is 5.14. The van der Waals surface area contributed by atoms with Crippen molar-refractivity contribution in [2.45, 2.75) is 20.0 Å². The summed E-state index contributed by atoms with van der Waals surface area (Å²) in [6.07, 6.45) is 0.255. The van der Waals surface area contributed by atoms with Crippen LogP contribution in [0.25, 0.3) is 0 Å². The molecule has 0 rings (SSSR count). The Morgan fingerprint density at radius 2 is 2.15 bits per heavy atom. The summed E-state index contributed by atoms with van der Waals surface area (Å²) in [5.74, 6) is -1.00. The first-order chi connectivity index (χ1) is 5.93. The fraction of sp³-hybridized carbons (Fsp3) is 0.500. The minimum Gasteiger partial charge on any atom is -0.366 e. The van der Waals surface area contributed by atoms with Gasteiger partial charge >= 0.3 is 13.8 Å². The Bertz CT molecular complexity index is 235. The molecule has 76 valence electrons. The molecule has 1 atom stereocenters. The smallest absolute Gasteiger partial charge is 0.366 e. The molecule has 0 radical (unpaired) electrons. The lowest BCUT2D eigenvalue weighted by atomic mass is 10.5. The van der Waals surface area contributed by atoms with Gasteiger partial charge in [-0.1, -0.05) is 6.58 Å². The van der Waals surface area contributed by atoms with Gasteiger partial charge in [0.05, 0.1) is 6.10 Å². The standard InChI is InChI=1S/C6H11O6P/c1-4-6(7)11-13(9,12-8)10-5(2)3/h4-5,8H,1H2,2-3H3. The van der Waals surface area contributed by atoms with Crippen molar-refractivity contribution in [3.05, 3.63) is 12.7 Å². The zero-order valence-corrected chi connectivity index (χ0v) is 8.19. The lowest BCUT2D eigenvalue weighted by Crippen LogP contribution is -2.07. The number of carbonyl (C=O) groups excluding carboxylic acids is 1. The number of hydrogen-bond donors (Lipinski definition) is 1. The van der Waals surface area contributed by atoms with Crippen molar-refractivity contribution < 1.29 is 28.3 Å². The summed E-state index contributed by atoms with van der Waals surface area (Å²) in [4.78, 5) is 10.6. The lowest BCUT2D eigenvalue weighted by molar-refractivity contribution is -0.172. The molecule has 0 fully saturated rings. The van der Waals surface area contributed by atoms with E-state index in [1.807, 2.05) is 0 Å². The summed E-state index contributed by atoms with van der Waals surface area (Å²) in [5.41, 5.74) is 0. The summed E-state index contributed by atoms with van der Waals surface area (Å²) < 4.78 is 23.3. The fourth-order valence-electron chi connectivity index (χ4n) is 0.463. The third kappa shape index (κ3) is 4.80. The Morgan fingerprint density at radius 3 is 2.46 bits per heavy atom. The molecule has 0 aromatic rings. The van der Waals surface area contributed by atoms with Crippen LogP contribution in [0, 0.1) is 0 Å². The Labute approximate surface area is 75.6 Å². The third-order valence-electron chi connectivity index (χ3n) is 0.808.